The second-order valence-electron chi connectivity index (χ2n) is 4.52. The number of benzene rings is 2. The number of rotatable bonds is 5. The van der Waals surface area contributed by atoms with E-state index in [2.05, 4.69) is 5.32 Å². The highest BCUT2D eigenvalue weighted by atomic mass is 19.1. The van der Waals surface area contributed by atoms with Crippen molar-refractivity contribution in [2.75, 3.05) is 6.61 Å². The standard InChI is InChI=1S/C16H16FNO2/c17-14-8-6-12(7-9-14)10-16(20)18-15(11-19)13-4-2-1-3-5-13/h1-9,15,19H,10-11H2,(H,18,20)/t15-/m0/s1. The fraction of sp³-hybridized carbons (Fsp3) is 0.188. The Morgan fingerprint density at radius 2 is 1.75 bits per heavy atom. The zero-order valence-electron chi connectivity index (χ0n) is 10.9. The molecule has 2 rings (SSSR count). The van der Waals surface area contributed by atoms with Gasteiger partial charge in [-0.1, -0.05) is 42.5 Å². The maximum absolute atomic E-state index is 12.8. The fourth-order valence-corrected chi connectivity index (χ4v) is 1.95. The van der Waals surface area contributed by atoms with Crippen molar-refractivity contribution < 1.29 is 14.3 Å². The van der Waals surface area contributed by atoms with Crippen LogP contribution in [-0.2, 0) is 11.2 Å². The Labute approximate surface area is 117 Å². The van der Waals surface area contributed by atoms with Crippen molar-refractivity contribution in [1.29, 1.82) is 0 Å². The molecule has 1 amide bonds. The van der Waals surface area contributed by atoms with Crippen LogP contribution in [0.1, 0.15) is 17.2 Å². The van der Waals surface area contributed by atoms with Crippen molar-refractivity contribution >= 4 is 5.91 Å². The first-order valence-electron chi connectivity index (χ1n) is 6.38. The lowest BCUT2D eigenvalue weighted by Gasteiger charge is -2.16. The van der Waals surface area contributed by atoms with Crippen LogP contribution in [0.3, 0.4) is 0 Å². The summed E-state index contributed by atoms with van der Waals surface area (Å²) in [7, 11) is 0. The lowest BCUT2D eigenvalue weighted by molar-refractivity contribution is -0.121. The van der Waals surface area contributed by atoms with E-state index < -0.39 is 6.04 Å². The zero-order valence-corrected chi connectivity index (χ0v) is 10.9. The first kappa shape index (κ1) is 14.2. The minimum Gasteiger partial charge on any atom is -0.394 e. The summed E-state index contributed by atoms with van der Waals surface area (Å²) in [6, 6.07) is 14.6. The summed E-state index contributed by atoms with van der Waals surface area (Å²) in [5, 5.41) is 12.1. The summed E-state index contributed by atoms with van der Waals surface area (Å²) < 4.78 is 12.8. The molecule has 2 aromatic rings. The number of halogens is 1. The molecular formula is C16H16FNO2. The fourth-order valence-electron chi connectivity index (χ4n) is 1.95. The topological polar surface area (TPSA) is 49.3 Å². The molecule has 1 atom stereocenters. The lowest BCUT2D eigenvalue weighted by atomic mass is 10.1. The molecule has 4 heteroatoms. The highest BCUT2D eigenvalue weighted by Gasteiger charge is 2.13. The van der Waals surface area contributed by atoms with Gasteiger partial charge in [0.25, 0.3) is 0 Å². The Morgan fingerprint density at radius 3 is 2.35 bits per heavy atom. The average molecular weight is 273 g/mol. The van der Waals surface area contributed by atoms with Crippen LogP contribution in [-0.4, -0.2) is 17.6 Å². The molecule has 0 unspecified atom stereocenters. The van der Waals surface area contributed by atoms with E-state index in [9.17, 15) is 14.3 Å². The van der Waals surface area contributed by atoms with Gasteiger partial charge in [0.05, 0.1) is 19.1 Å². The van der Waals surface area contributed by atoms with Gasteiger partial charge in [-0.15, -0.1) is 0 Å². The molecule has 0 aromatic heterocycles. The average Bonchev–Trinajstić information content (AvgIpc) is 2.48. The molecule has 2 aromatic carbocycles. The van der Waals surface area contributed by atoms with Gasteiger partial charge in [-0.05, 0) is 23.3 Å². The van der Waals surface area contributed by atoms with Crippen LogP contribution in [0, 0.1) is 5.82 Å². The van der Waals surface area contributed by atoms with E-state index in [4.69, 9.17) is 0 Å². The van der Waals surface area contributed by atoms with E-state index in [1.54, 1.807) is 12.1 Å². The number of carbonyl (C=O) groups is 1. The Kier molecular flexibility index (Phi) is 4.85. The molecular weight excluding hydrogens is 257 g/mol. The molecule has 0 radical (unpaired) electrons. The SMILES string of the molecule is O=C(Cc1ccc(F)cc1)N[C@@H](CO)c1ccccc1. The molecule has 0 saturated heterocycles. The summed E-state index contributed by atoms with van der Waals surface area (Å²) >= 11 is 0. The van der Waals surface area contributed by atoms with Crippen molar-refractivity contribution in [1.82, 2.24) is 5.32 Å². The normalized spacial score (nSPS) is 11.9. The second kappa shape index (κ2) is 6.82. The van der Waals surface area contributed by atoms with Crippen LogP contribution in [0.2, 0.25) is 0 Å². The Balaban J connectivity index is 1.97. The molecule has 0 aliphatic carbocycles. The van der Waals surface area contributed by atoms with Gasteiger partial charge in [0.2, 0.25) is 5.91 Å². The monoisotopic (exact) mass is 273 g/mol. The van der Waals surface area contributed by atoms with Crippen LogP contribution < -0.4 is 5.32 Å². The summed E-state index contributed by atoms with van der Waals surface area (Å²) in [6.07, 6.45) is 0.156. The van der Waals surface area contributed by atoms with E-state index >= 15 is 0 Å². The Hall–Kier alpha value is -2.20. The molecule has 0 heterocycles. The summed E-state index contributed by atoms with van der Waals surface area (Å²) in [5.41, 5.74) is 1.58. The van der Waals surface area contributed by atoms with Gasteiger partial charge in [0.1, 0.15) is 5.82 Å². The first-order valence-corrected chi connectivity index (χ1v) is 6.38. The van der Waals surface area contributed by atoms with E-state index in [-0.39, 0.29) is 24.8 Å². The molecule has 0 spiro atoms. The largest absolute Gasteiger partial charge is 0.394 e. The number of aliphatic hydroxyl groups excluding tert-OH is 1. The molecule has 0 bridgehead atoms. The van der Waals surface area contributed by atoms with Gasteiger partial charge in [-0.25, -0.2) is 4.39 Å². The quantitative estimate of drug-likeness (QED) is 0.877. The third-order valence-corrected chi connectivity index (χ3v) is 3.00. The molecule has 0 fully saturated rings. The van der Waals surface area contributed by atoms with Gasteiger partial charge in [0, 0.05) is 0 Å². The lowest BCUT2D eigenvalue weighted by Crippen LogP contribution is -2.31. The number of aliphatic hydroxyl groups is 1. The molecule has 20 heavy (non-hydrogen) atoms. The highest BCUT2D eigenvalue weighted by Crippen LogP contribution is 2.12. The predicted octanol–water partition coefficient (Wildman–Crippen LogP) is 2.22. The Morgan fingerprint density at radius 1 is 1.10 bits per heavy atom. The minimum absolute atomic E-state index is 0.156. The van der Waals surface area contributed by atoms with E-state index in [0.717, 1.165) is 11.1 Å². The van der Waals surface area contributed by atoms with Crippen LogP contribution >= 0.6 is 0 Å². The van der Waals surface area contributed by atoms with E-state index in [1.807, 2.05) is 30.3 Å². The van der Waals surface area contributed by atoms with Gasteiger partial charge in [0.15, 0.2) is 0 Å². The van der Waals surface area contributed by atoms with Gasteiger partial charge >= 0.3 is 0 Å². The predicted molar refractivity (Wildman–Crippen MR) is 74.5 cm³/mol. The zero-order chi connectivity index (χ0) is 14.4. The number of nitrogens with one attached hydrogen (secondary N) is 1. The molecule has 104 valence electrons. The summed E-state index contributed by atoms with van der Waals surface area (Å²) in [4.78, 5) is 11.9. The van der Waals surface area contributed by atoms with Crippen molar-refractivity contribution in [2.45, 2.75) is 12.5 Å². The van der Waals surface area contributed by atoms with E-state index in [1.165, 1.54) is 12.1 Å². The Bertz CT molecular complexity index is 554. The van der Waals surface area contributed by atoms with Crippen molar-refractivity contribution in [3.05, 3.63) is 71.5 Å². The highest BCUT2D eigenvalue weighted by molar-refractivity contribution is 5.79. The van der Waals surface area contributed by atoms with Crippen LogP contribution in [0.4, 0.5) is 4.39 Å². The maximum atomic E-state index is 12.8. The van der Waals surface area contributed by atoms with Gasteiger partial charge in [-0.3, -0.25) is 4.79 Å². The first-order chi connectivity index (χ1) is 9.69. The third-order valence-electron chi connectivity index (χ3n) is 3.00. The summed E-state index contributed by atoms with van der Waals surface area (Å²) in [6.45, 7) is -0.167. The maximum Gasteiger partial charge on any atom is 0.224 e. The number of hydrogen-bond donors (Lipinski definition) is 2. The van der Waals surface area contributed by atoms with Crippen molar-refractivity contribution in [3.63, 3.8) is 0 Å². The van der Waals surface area contributed by atoms with E-state index in [0.29, 0.717) is 0 Å². The molecule has 0 aliphatic rings. The minimum atomic E-state index is -0.427. The molecule has 3 nitrogen and oxygen atoms in total. The molecule has 0 saturated carbocycles. The number of carbonyl (C=O) groups excluding carboxylic acids is 1. The van der Waals surface area contributed by atoms with Crippen LogP contribution in [0.5, 0.6) is 0 Å². The molecule has 2 N–H and O–H groups in total. The van der Waals surface area contributed by atoms with Crippen LogP contribution in [0.25, 0.3) is 0 Å². The van der Waals surface area contributed by atoms with Gasteiger partial charge < -0.3 is 10.4 Å². The third kappa shape index (κ3) is 3.90. The number of amides is 1. The number of hydrogen-bond acceptors (Lipinski definition) is 2. The second-order valence-corrected chi connectivity index (χ2v) is 4.52. The van der Waals surface area contributed by atoms with Crippen molar-refractivity contribution in [3.8, 4) is 0 Å². The summed E-state index contributed by atoms with van der Waals surface area (Å²) in [5.74, 6) is -0.536. The van der Waals surface area contributed by atoms with Crippen LogP contribution in [0.15, 0.2) is 54.6 Å². The molecule has 0 aliphatic heterocycles. The smallest absolute Gasteiger partial charge is 0.224 e. The van der Waals surface area contributed by atoms with Gasteiger partial charge in [-0.2, -0.15) is 0 Å². The van der Waals surface area contributed by atoms with Crippen molar-refractivity contribution in [2.24, 2.45) is 0 Å².